The van der Waals surface area contributed by atoms with Crippen molar-refractivity contribution in [2.45, 2.75) is 0 Å². The second kappa shape index (κ2) is 2.94. The van der Waals surface area contributed by atoms with E-state index in [1.807, 2.05) is 36.0 Å². The Balaban J connectivity index is 2.53. The first-order chi connectivity index (χ1) is 6.27. The normalized spacial score (nSPS) is 10.2. The lowest BCUT2D eigenvalue weighted by atomic mass is 10.2. The van der Waals surface area contributed by atoms with Crippen LogP contribution in [-0.4, -0.2) is 9.55 Å². The molecule has 0 radical (unpaired) electrons. The number of aromatic nitrogens is 2. The predicted molar refractivity (Wildman–Crippen MR) is 51.5 cm³/mol. The molecule has 0 aliphatic heterocycles. The SMILES string of the molecule is Cn1cccc1-c1ccc(=O)[nH]c1. The number of nitrogens with one attached hydrogen (secondary N) is 1. The molecule has 3 nitrogen and oxygen atoms in total. The molecule has 0 aliphatic carbocycles. The van der Waals surface area contributed by atoms with Crippen molar-refractivity contribution in [1.82, 2.24) is 9.55 Å². The summed E-state index contributed by atoms with van der Waals surface area (Å²) in [7, 11) is 1.97. The number of pyridine rings is 1. The molecule has 0 atom stereocenters. The molecule has 0 saturated heterocycles. The molecule has 0 saturated carbocycles. The van der Waals surface area contributed by atoms with Gasteiger partial charge in [0.15, 0.2) is 0 Å². The van der Waals surface area contributed by atoms with E-state index in [1.165, 1.54) is 6.07 Å². The van der Waals surface area contributed by atoms with Crippen LogP contribution < -0.4 is 5.56 Å². The summed E-state index contributed by atoms with van der Waals surface area (Å²) in [6.07, 6.45) is 3.69. The lowest BCUT2D eigenvalue weighted by Crippen LogP contribution is -2.02. The minimum absolute atomic E-state index is 0.0713. The van der Waals surface area contributed by atoms with Crippen LogP contribution in [0.25, 0.3) is 11.3 Å². The molecule has 2 aromatic rings. The van der Waals surface area contributed by atoms with Crippen LogP contribution in [0.15, 0.2) is 41.5 Å². The summed E-state index contributed by atoms with van der Waals surface area (Å²) in [5.74, 6) is 0. The molecule has 0 aliphatic rings. The molecule has 2 heterocycles. The fourth-order valence-corrected chi connectivity index (χ4v) is 1.33. The van der Waals surface area contributed by atoms with Crippen molar-refractivity contribution in [2.75, 3.05) is 0 Å². The van der Waals surface area contributed by atoms with E-state index in [0.717, 1.165) is 11.3 Å². The van der Waals surface area contributed by atoms with Crippen LogP contribution in [0.1, 0.15) is 0 Å². The lowest BCUT2D eigenvalue weighted by Gasteiger charge is -2.01. The van der Waals surface area contributed by atoms with Gasteiger partial charge in [-0.25, -0.2) is 0 Å². The maximum Gasteiger partial charge on any atom is 0.247 e. The average molecular weight is 174 g/mol. The van der Waals surface area contributed by atoms with Crippen LogP contribution in [0.4, 0.5) is 0 Å². The van der Waals surface area contributed by atoms with Gasteiger partial charge in [0, 0.05) is 36.8 Å². The molecular formula is C10H10N2O. The van der Waals surface area contributed by atoms with Gasteiger partial charge >= 0.3 is 0 Å². The Bertz CT molecular complexity index is 447. The Morgan fingerprint density at radius 1 is 1.31 bits per heavy atom. The van der Waals surface area contributed by atoms with E-state index < -0.39 is 0 Å². The average Bonchev–Trinajstić information content (AvgIpc) is 2.53. The molecule has 0 fully saturated rings. The third kappa shape index (κ3) is 1.40. The molecule has 2 rings (SSSR count). The van der Waals surface area contributed by atoms with Gasteiger partial charge in [0.1, 0.15) is 0 Å². The summed E-state index contributed by atoms with van der Waals surface area (Å²) in [5, 5.41) is 0. The van der Waals surface area contributed by atoms with Gasteiger partial charge in [-0.3, -0.25) is 4.79 Å². The highest BCUT2D eigenvalue weighted by Crippen LogP contribution is 2.16. The molecule has 0 aromatic carbocycles. The van der Waals surface area contributed by atoms with Gasteiger partial charge in [-0.05, 0) is 18.2 Å². The molecule has 0 spiro atoms. The zero-order valence-corrected chi connectivity index (χ0v) is 7.32. The molecule has 13 heavy (non-hydrogen) atoms. The predicted octanol–water partition coefficient (Wildman–Crippen LogP) is 1.38. The molecule has 3 heteroatoms. The Morgan fingerprint density at radius 2 is 2.15 bits per heavy atom. The molecule has 0 amide bonds. The third-order valence-corrected chi connectivity index (χ3v) is 2.02. The van der Waals surface area contributed by atoms with E-state index >= 15 is 0 Å². The topological polar surface area (TPSA) is 37.8 Å². The summed E-state index contributed by atoms with van der Waals surface area (Å²) in [5.41, 5.74) is 2.04. The molecular weight excluding hydrogens is 164 g/mol. The van der Waals surface area contributed by atoms with E-state index in [0.29, 0.717) is 0 Å². The standard InChI is InChI=1S/C10H10N2O/c1-12-6-2-3-9(12)8-4-5-10(13)11-7-8/h2-7H,1H3,(H,11,13). The second-order valence-corrected chi connectivity index (χ2v) is 2.95. The fourth-order valence-electron chi connectivity index (χ4n) is 1.33. The first-order valence-corrected chi connectivity index (χ1v) is 4.08. The summed E-state index contributed by atoms with van der Waals surface area (Å²) < 4.78 is 2.01. The Morgan fingerprint density at radius 3 is 2.69 bits per heavy atom. The van der Waals surface area contributed by atoms with Crippen LogP contribution in [0.5, 0.6) is 0 Å². The highest BCUT2D eigenvalue weighted by atomic mass is 16.1. The Labute approximate surface area is 75.7 Å². The van der Waals surface area contributed by atoms with Gasteiger partial charge in [0.2, 0.25) is 5.56 Å². The van der Waals surface area contributed by atoms with Crippen LogP contribution in [-0.2, 0) is 7.05 Å². The van der Waals surface area contributed by atoms with E-state index in [9.17, 15) is 4.79 Å². The van der Waals surface area contributed by atoms with Crippen molar-refractivity contribution in [3.8, 4) is 11.3 Å². The second-order valence-electron chi connectivity index (χ2n) is 2.95. The third-order valence-electron chi connectivity index (χ3n) is 2.02. The molecule has 1 N–H and O–H groups in total. The largest absolute Gasteiger partial charge is 0.351 e. The van der Waals surface area contributed by atoms with Gasteiger partial charge in [0.25, 0.3) is 0 Å². The summed E-state index contributed by atoms with van der Waals surface area (Å²) in [6.45, 7) is 0. The Kier molecular flexibility index (Phi) is 1.77. The Hall–Kier alpha value is -1.77. The fraction of sp³-hybridized carbons (Fsp3) is 0.100. The minimum Gasteiger partial charge on any atom is -0.351 e. The van der Waals surface area contributed by atoms with E-state index in [1.54, 1.807) is 6.20 Å². The molecule has 2 aromatic heterocycles. The van der Waals surface area contributed by atoms with Crippen molar-refractivity contribution < 1.29 is 0 Å². The van der Waals surface area contributed by atoms with Crippen LogP contribution in [0.2, 0.25) is 0 Å². The number of aromatic amines is 1. The van der Waals surface area contributed by atoms with Gasteiger partial charge in [0.05, 0.1) is 0 Å². The van der Waals surface area contributed by atoms with Gasteiger partial charge < -0.3 is 9.55 Å². The van der Waals surface area contributed by atoms with Gasteiger partial charge in [-0.15, -0.1) is 0 Å². The number of rotatable bonds is 1. The zero-order valence-electron chi connectivity index (χ0n) is 7.32. The maximum absolute atomic E-state index is 10.8. The number of hydrogen-bond acceptors (Lipinski definition) is 1. The van der Waals surface area contributed by atoms with Crippen molar-refractivity contribution in [2.24, 2.45) is 7.05 Å². The van der Waals surface area contributed by atoms with Crippen molar-refractivity contribution >= 4 is 0 Å². The first-order valence-electron chi connectivity index (χ1n) is 4.08. The number of hydrogen-bond donors (Lipinski definition) is 1. The smallest absolute Gasteiger partial charge is 0.247 e. The van der Waals surface area contributed by atoms with Gasteiger partial charge in [-0.1, -0.05) is 0 Å². The van der Waals surface area contributed by atoms with Crippen molar-refractivity contribution in [3.05, 3.63) is 47.0 Å². The molecule has 66 valence electrons. The van der Waals surface area contributed by atoms with Crippen molar-refractivity contribution in [1.29, 1.82) is 0 Å². The molecule has 0 unspecified atom stereocenters. The highest BCUT2D eigenvalue weighted by Gasteiger charge is 1.99. The van der Waals surface area contributed by atoms with Crippen LogP contribution >= 0.6 is 0 Å². The summed E-state index contributed by atoms with van der Waals surface area (Å²) in [4.78, 5) is 13.5. The van der Waals surface area contributed by atoms with Crippen LogP contribution in [0.3, 0.4) is 0 Å². The monoisotopic (exact) mass is 174 g/mol. The van der Waals surface area contributed by atoms with E-state index in [2.05, 4.69) is 4.98 Å². The zero-order chi connectivity index (χ0) is 9.26. The first kappa shape index (κ1) is 7.86. The quantitative estimate of drug-likeness (QED) is 0.696. The summed E-state index contributed by atoms with van der Waals surface area (Å²) >= 11 is 0. The maximum atomic E-state index is 10.8. The minimum atomic E-state index is -0.0713. The highest BCUT2D eigenvalue weighted by molar-refractivity contribution is 5.58. The van der Waals surface area contributed by atoms with Gasteiger partial charge in [-0.2, -0.15) is 0 Å². The summed E-state index contributed by atoms with van der Waals surface area (Å²) in [6, 6.07) is 7.32. The van der Waals surface area contributed by atoms with Crippen LogP contribution in [0, 0.1) is 0 Å². The number of nitrogens with zero attached hydrogens (tertiary/aromatic N) is 1. The van der Waals surface area contributed by atoms with Crippen molar-refractivity contribution in [3.63, 3.8) is 0 Å². The van der Waals surface area contributed by atoms with E-state index in [4.69, 9.17) is 0 Å². The van der Waals surface area contributed by atoms with E-state index in [-0.39, 0.29) is 5.56 Å². The lowest BCUT2D eigenvalue weighted by molar-refractivity contribution is 0.935. The number of aryl methyl sites for hydroxylation is 1. The molecule has 0 bridgehead atoms. The number of H-pyrrole nitrogens is 1.